The number of ether oxygens (including phenoxy) is 1. The average Bonchev–Trinajstić information content (AvgIpc) is 3.38. The number of nitrogens with one attached hydrogen (secondary N) is 1. The molecule has 8 heteroatoms. The predicted octanol–water partition coefficient (Wildman–Crippen LogP) is 3.96. The molecular weight excluding hydrogens is 481 g/mol. The van der Waals surface area contributed by atoms with E-state index in [9.17, 15) is 4.79 Å². The molecule has 5 rings (SSSR count). The summed E-state index contributed by atoms with van der Waals surface area (Å²) in [6.45, 7) is 0.282. The van der Waals surface area contributed by atoms with Gasteiger partial charge in [0.2, 0.25) is 0 Å². The van der Waals surface area contributed by atoms with E-state index in [1.165, 1.54) is 6.33 Å². The van der Waals surface area contributed by atoms with Crippen LogP contribution in [0.15, 0.2) is 42.9 Å². The van der Waals surface area contributed by atoms with Gasteiger partial charge in [0.15, 0.2) is 0 Å². The summed E-state index contributed by atoms with van der Waals surface area (Å²) in [5.74, 6) is 0.513. The molecule has 3 N–H and O–H groups in total. The summed E-state index contributed by atoms with van der Waals surface area (Å²) in [5, 5.41) is 4.10. The number of aromatic nitrogens is 3. The molecule has 2 bridgehead atoms. The van der Waals surface area contributed by atoms with Crippen molar-refractivity contribution in [1.82, 2.24) is 19.9 Å². The van der Waals surface area contributed by atoms with E-state index >= 15 is 0 Å². The summed E-state index contributed by atoms with van der Waals surface area (Å²) < 4.78 is 8.80. The maximum atomic E-state index is 12.5. The van der Waals surface area contributed by atoms with Crippen LogP contribution in [-0.2, 0) is 16.9 Å². The molecule has 2 saturated carbocycles. The van der Waals surface area contributed by atoms with Gasteiger partial charge in [-0.3, -0.25) is 0 Å². The number of halogens is 1. The van der Waals surface area contributed by atoms with Gasteiger partial charge in [0.1, 0.15) is 24.4 Å². The lowest BCUT2D eigenvalue weighted by Crippen LogP contribution is -2.45. The van der Waals surface area contributed by atoms with Gasteiger partial charge < -0.3 is 20.4 Å². The predicted molar refractivity (Wildman–Crippen MR) is 118 cm³/mol. The van der Waals surface area contributed by atoms with Crippen LogP contribution < -0.4 is 11.1 Å². The van der Waals surface area contributed by atoms with Gasteiger partial charge in [-0.05, 0) is 60.3 Å². The van der Waals surface area contributed by atoms with Crippen molar-refractivity contribution in [3.05, 3.63) is 52.0 Å². The van der Waals surface area contributed by atoms with E-state index < -0.39 is 0 Å². The number of anilines is 1. The van der Waals surface area contributed by atoms with Crippen LogP contribution in [-0.4, -0.2) is 26.2 Å². The smallest absolute Gasteiger partial charge is 0.407 e. The third-order valence-corrected chi connectivity index (χ3v) is 7.28. The molecule has 2 aliphatic rings. The van der Waals surface area contributed by atoms with Gasteiger partial charge in [0.25, 0.3) is 0 Å². The molecule has 0 radical (unpaired) electrons. The molecule has 0 atom stereocenters. The van der Waals surface area contributed by atoms with Crippen molar-refractivity contribution in [3.8, 4) is 0 Å². The fraction of sp³-hybridized carbons (Fsp3) is 0.381. The van der Waals surface area contributed by atoms with Crippen molar-refractivity contribution in [1.29, 1.82) is 0 Å². The number of nitrogens with zero attached hydrogens (tertiary/aromatic N) is 3. The molecule has 2 aromatic heterocycles. The van der Waals surface area contributed by atoms with Gasteiger partial charge in [-0.1, -0.05) is 30.3 Å². The third kappa shape index (κ3) is 3.13. The number of alkyl carbamates (subject to hydrolysis) is 1. The minimum absolute atomic E-state index is 0.0465. The molecule has 2 aliphatic carbocycles. The molecule has 2 fully saturated rings. The summed E-state index contributed by atoms with van der Waals surface area (Å²) in [7, 11) is 0. The fourth-order valence-electron chi connectivity index (χ4n) is 5.05. The zero-order chi connectivity index (χ0) is 20.1. The number of amides is 1. The molecular formula is C21H22IN5O2. The Morgan fingerprint density at radius 2 is 1.97 bits per heavy atom. The SMILES string of the molecule is Nc1ncnc2c1c(I)cn2C12CCC(NC(=O)OCc3ccccc3)(CC1)C2. The highest BCUT2D eigenvalue weighted by Crippen LogP contribution is 2.56. The lowest BCUT2D eigenvalue weighted by molar-refractivity contribution is 0.126. The Kier molecular flexibility index (Phi) is 4.41. The third-order valence-electron chi connectivity index (χ3n) is 6.46. The van der Waals surface area contributed by atoms with E-state index in [0.29, 0.717) is 5.82 Å². The molecule has 3 aromatic rings. The minimum atomic E-state index is -0.343. The monoisotopic (exact) mass is 503 g/mol. The second kappa shape index (κ2) is 6.86. The Morgan fingerprint density at radius 1 is 1.21 bits per heavy atom. The Labute approximate surface area is 182 Å². The van der Waals surface area contributed by atoms with Crippen molar-refractivity contribution in [2.24, 2.45) is 0 Å². The number of nitrogen functional groups attached to an aromatic ring is 1. The topological polar surface area (TPSA) is 95.1 Å². The number of hydrogen-bond acceptors (Lipinski definition) is 5. The Morgan fingerprint density at radius 3 is 2.72 bits per heavy atom. The van der Waals surface area contributed by atoms with Crippen molar-refractivity contribution < 1.29 is 9.53 Å². The molecule has 0 aliphatic heterocycles. The zero-order valence-corrected chi connectivity index (χ0v) is 18.1. The van der Waals surface area contributed by atoms with Crippen LogP contribution >= 0.6 is 22.6 Å². The lowest BCUT2D eigenvalue weighted by Gasteiger charge is -2.29. The van der Waals surface area contributed by atoms with Crippen LogP contribution in [0.3, 0.4) is 0 Å². The van der Waals surface area contributed by atoms with Crippen LogP contribution in [0.25, 0.3) is 11.0 Å². The van der Waals surface area contributed by atoms with E-state index in [-0.39, 0.29) is 23.8 Å². The quantitative estimate of drug-likeness (QED) is 0.526. The van der Waals surface area contributed by atoms with Crippen LogP contribution in [0.1, 0.15) is 37.7 Å². The highest BCUT2D eigenvalue weighted by molar-refractivity contribution is 14.1. The lowest BCUT2D eigenvalue weighted by atomic mass is 9.91. The first-order valence-electron chi connectivity index (χ1n) is 9.77. The first kappa shape index (κ1) is 18.7. The van der Waals surface area contributed by atoms with Crippen LogP contribution in [0.5, 0.6) is 0 Å². The van der Waals surface area contributed by atoms with Gasteiger partial charge in [-0.15, -0.1) is 0 Å². The summed E-state index contributed by atoms with van der Waals surface area (Å²) in [5.41, 5.74) is 7.70. The number of rotatable bonds is 4. The maximum Gasteiger partial charge on any atom is 0.407 e. The molecule has 1 aromatic carbocycles. The van der Waals surface area contributed by atoms with Crippen LogP contribution in [0.2, 0.25) is 0 Å². The first-order valence-corrected chi connectivity index (χ1v) is 10.8. The number of benzene rings is 1. The van der Waals surface area contributed by atoms with E-state index in [0.717, 1.165) is 52.3 Å². The van der Waals surface area contributed by atoms with Gasteiger partial charge in [-0.2, -0.15) is 0 Å². The van der Waals surface area contributed by atoms with Crippen LogP contribution in [0.4, 0.5) is 10.6 Å². The highest BCUT2D eigenvalue weighted by Gasteiger charge is 2.56. The second-order valence-electron chi connectivity index (χ2n) is 8.17. The largest absolute Gasteiger partial charge is 0.445 e. The summed E-state index contributed by atoms with van der Waals surface area (Å²) in [6.07, 6.45) is 8.05. The highest BCUT2D eigenvalue weighted by atomic mass is 127. The summed E-state index contributed by atoms with van der Waals surface area (Å²) in [4.78, 5) is 21.1. The zero-order valence-electron chi connectivity index (χ0n) is 15.9. The number of hydrogen-bond donors (Lipinski definition) is 2. The van der Waals surface area contributed by atoms with E-state index in [2.05, 4.69) is 48.6 Å². The number of carbonyl (C=O) groups excluding carboxylic acids is 1. The van der Waals surface area contributed by atoms with Crippen LogP contribution in [0, 0.1) is 3.57 Å². The molecule has 1 amide bonds. The first-order chi connectivity index (χ1) is 14.0. The number of nitrogens with two attached hydrogens (primary N) is 1. The fourth-order valence-corrected chi connectivity index (χ4v) is 5.85. The molecule has 29 heavy (non-hydrogen) atoms. The molecule has 0 saturated heterocycles. The van der Waals surface area contributed by atoms with Crippen molar-refractivity contribution in [3.63, 3.8) is 0 Å². The van der Waals surface area contributed by atoms with Gasteiger partial charge >= 0.3 is 6.09 Å². The summed E-state index contributed by atoms with van der Waals surface area (Å²) in [6, 6.07) is 9.74. The van der Waals surface area contributed by atoms with Gasteiger partial charge in [-0.25, -0.2) is 14.8 Å². The van der Waals surface area contributed by atoms with E-state index in [1.807, 2.05) is 30.3 Å². The maximum absolute atomic E-state index is 12.5. The standard InChI is InChI=1S/C21H22IN5O2/c22-15-10-27(18-16(15)17(23)24-13-25-18)21-8-6-20(12-21,7-9-21)26-19(28)29-11-14-4-2-1-3-5-14/h1-5,10,13H,6-9,11-12H2,(H,26,28)(H2,23,24,25). The van der Waals surface area contributed by atoms with E-state index in [1.54, 1.807) is 0 Å². The minimum Gasteiger partial charge on any atom is -0.445 e. The van der Waals surface area contributed by atoms with Crippen molar-refractivity contribution >= 4 is 45.5 Å². The van der Waals surface area contributed by atoms with Gasteiger partial charge in [0, 0.05) is 20.8 Å². The molecule has 0 unspecified atom stereocenters. The molecule has 150 valence electrons. The van der Waals surface area contributed by atoms with E-state index in [4.69, 9.17) is 10.5 Å². The molecule has 0 spiro atoms. The Bertz CT molecular complexity index is 1070. The number of fused-ring (bicyclic) bond motifs is 3. The molecule has 2 heterocycles. The Hall–Kier alpha value is -2.36. The van der Waals surface area contributed by atoms with Crippen molar-refractivity contribution in [2.75, 3.05) is 5.73 Å². The molecule has 7 nitrogen and oxygen atoms in total. The van der Waals surface area contributed by atoms with Crippen molar-refractivity contribution in [2.45, 2.75) is 49.8 Å². The number of carbonyl (C=O) groups is 1. The summed E-state index contributed by atoms with van der Waals surface area (Å²) >= 11 is 2.30. The second-order valence-corrected chi connectivity index (χ2v) is 9.33. The Balaban J connectivity index is 1.34. The normalized spacial score (nSPS) is 25.4. The van der Waals surface area contributed by atoms with Gasteiger partial charge in [0.05, 0.1) is 5.39 Å². The average molecular weight is 503 g/mol.